The van der Waals surface area contributed by atoms with Crippen LogP contribution in [0.5, 0.6) is 0 Å². The van der Waals surface area contributed by atoms with Gasteiger partial charge in [0.25, 0.3) is 0 Å². The largest absolute Gasteiger partial charge is 0.378 e. The average Bonchev–Trinajstić information content (AvgIpc) is 3.29. The van der Waals surface area contributed by atoms with Crippen LogP contribution < -0.4 is 10.6 Å². The monoisotopic (exact) mass is 570 g/mol. The van der Waals surface area contributed by atoms with Crippen molar-refractivity contribution < 1.29 is 9.26 Å². The number of benzene rings is 1. The van der Waals surface area contributed by atoms with E-state index in [1.165, 1.54) is 5.56 Å². The summed E-state index contributed by atoms with van der Waals surface area (Å²) in [5.41, 5.74) is 1.39. The van der Waals surface area contributed by atoms with Gasteiger partial charge in [-0.25, -0.2) is 0 Å². The molecule has 1 aromatic heterocycles. The van der Waals surface area contributed by atoms with Gasteiger partial charge in [-0.3, -0.25) is 9.89 Å². The number of nitrogens with one attached hydrogen (secondary N) is 2. The van der Waals surface area contributed by atoms with Crippen LogP contribution in [0.2, 0.25) is 0 Å². The minimum absolute atomic E-state index is 0. The van der Waals surface area contributed by atoms with Crippen molar-refractivity contribution in [3.8, 4) is 0 Å². The second-order valence-corrected chi connectivity index (χ2v) is 8.56. The zero-order valence-electron chi connectivity index (χ0n) is 20.1. The fourth-order valence-corrected chi connectivity index (χ4v) is 3.72. The molecule has 0 amide bonds. The maximum Gasteiger partial charge on any atom is 0.228 e. The van der Waals surface area contributed by atoms with Crippen molar-refractivity contribution in [2.24, 2.45) is 4.99 Å². The van der Waals surface area contributed by atoms with Crippen LogP contribution in [-0.2, 0) is 17.7 Å². The SMILES string of the molecule is CN=C(NCCCOC1CCN(Cc2ccccc2)CC1)NCCc1nc(C(C)C)no1.I. The van der Waals surface area contributed by atoms with Crippen molar-refractivity contribution in [2.45, 2.75) is 58.1 Å². The van der Waals surface area contributed by atoms with Gasteiger partial charge in [0.15, 0.2) is 11.8 Å². The highest BCUT2D eigenvalue weighted by Crippen LogP contribution is 2.16. The quantitative estimate of drug-likeness (QED) is 0.185. The Hall–Kier alpha value is -1.72. The summed E-state index contributed by atoms with van der Waals surface area (Å²) in [4.78, 5) is 11.2. The molecule has 1 fully saturated rings. The number of hydrogen-bond donors (Lipinski definition) is 2. The Kier molecular flexibility index (Phi) is 12.7. The van der Waals surface area contributed by atoms with E-state index in [-0.39, 0.29) is 29.9 Å². The maximum atomic E-state index is 6.10. The normalized spacial score (nSPS) is 15.5. The third-order valence-corrected chi connectivity index (χ3v) is 5.61. The molecule has 0 unspecified atom stereocenters. The number of aromatic nitrogens is 2. The molecular formula is C24H39IN6O2. The zero-order chi connectivity index (χ0) is 22.6. The molecule has 9 heteroatoms. The molecule has 184 valence electrons. The number of likely N-dealkylation sites (tertiary alicyclic amines) is 1. The molecule has 3 rings (SSSR count). The van der Waals surface area contributed by atoms with E-state index in [4.69, 9.17) is 9.26 Å². The molecule has 33 heavy (non-hydrogen) atoms. The van der Waals surface area contributed by atoms with Gasteiger partial charge in [0.1, 0.15) is 0 Å². The molecule has 0 aliphatic carbocycles. The summed E-state index contributed by atoms with van der Waals surface area (Å²) in [6, 6.07) is 10.7. The highest BCUT2D eigenvalue weighted by atomic mass is 127. The smallest absolute Gasteiger partial charge is 0.228 e. The number of rotatable bonds is 11. The van der Waals surface area contributed by atoms with Crippen LogP contribution in [-0.4, -0.2) is 66.9 Å². The van der Waals surface area contributed by atoms with Gasteiger partial charge < -0.3 is 19.9 Å². The zero-order valence-corrected chi connectivity index (χ0v) is 22.5. The summed E-state index contributed by atoms with van der Waals surface area (Å²) >= 11 is 0. The summed E-state index contributed by atoms with van der Waals surface area (Å²) < 4.78 is 11.4. The van der Waals surface area contributed by atoms with Gasteiger partial charge in [-0.05, 0) is 24.8 Å². The molecule has 0 saturated carbocycles. The Labute approximate surface area is 215 Å². The fraction of sp³-hybridized carbons (Fsp3) is 0.625. The van der Waals surface area contributed by atoms with Crippen LogP contribution in [0.15, 0.2) is 39.8 Å². The van der Waals surface area contributed by atoms with Gasteiger partial charge in [0, 0.05) is 58.7 Å². The highest BCUT2D eigenvalue weighted by Gasteiger charge is 2.19. The lowest BCUT2D eigenvalue weighted by atomic mass is 10.1. The molecule has 1 aromatic carbocycles. The maximum absolute atomic E-state index is 6.10. The van der Waals surface area contributed by atoms with E-state index in [9.17, 15) is 0 Å². The number of aliphatic imine (C=N–C) groups is 1. The van der Waals surface area contributed by atoms with E-state index in [2.05, 4.69) is 74.8 Å². The van der Waals surface area contributed by atoms with E-state index in [1.54, 1.807) is 7.05 Å². The lowest BCUT2D eigenvalue weighted by Gasteiger charge is -2.32. The second kappa shape index (κ2) is 15.2. The molecule has 8 nitrogen and oxygen atoms in total. The van der Waals surface area contributed by atoms with E-state index in [0.29, 0.717) is 25.0 Å². The molecule has 0 bridgehead atoms. The predicted molar refractivity (Wildman–Crippen MR) is 142 cm³/mol. The lowest BCUT2D eigenvalue weighted by Crippen LogP contribution is -2.39. The summed E-state index contributed by atoms with van der Waals surface area (Å²) in [6.07, 6.45) is 4.22. The van der Waals surface area contributed by atoms with Crippen molar-refractivity contribution >= 4 is 29.9 Å². The van der Waals surface area contributed by atoms with Crippen LogP contribution in [0.3, 0.4) is 0 Å². The van der Waals surface area contributed by atoms with Crippen molar-refractivity contribution in [1.82, 2.24) is 25.7 Å². The van der Waals surface area contributed by atoms with Crippen LogP contribution in [0.25, 0.3) is 0 Å². The Morgan fingerprint density at radius 3 is 2.58 bits per heavy atom. The summed E-state index contributed by atoms with van der Waals surface area (Å²) in [5, 5.41) is 10.6. The molecule has 0 atom stereocenters. The van der Waals surface area contributed by atoms with E-state index in [1.807, 2.05) is 0 Å². The van der Waals surface area contributed by atoms with E-state index in [0.717, 1.165) is 63.8 Å². The summed E-state index contributed by atoms with van der Waals surface area (Å²) in [5.74, 6) is 2.46. The average molecular weight is 571 g/mol. The van der Waals surface area contributed by atoms with Crippen LogP contribution in [0.1, 0.15) is 56.3 Å². The van der Waals surface area contributed by atoms with Crippen LogP contribution in [0.4, 0.5) is 0 Å². The third-order valence-electron chi connectivity index (χ3n) is 5.61. The predicted octanol–water partition coefficient (Wildman–Crippen LogP) is 3.59. The summed E-state index contributed by atoms with van der Waals surface area (Å²) in [7, 11) is 1.78. The molecule has 2 aromatic rings. The van der Waals surface area contributed by atoms with Crippen molar-refractivity contribution in [3.05, 3.63) is 47.6 Å². The molecule has 0 spiro atoms. The fourth-order valence-electron chi connectivity index (χ4n) is 3.72. The number of ether oxygens (including phenoxy) is 1. The number of guanidine groups is 1. The topological polar surface area (TPSA) is 87.8 Å². The second-order valence-electron chi connectivity index (χ2n) is 8.56. The highest BCUT2D eigenvalue weighted by molar-refractivity contribution is 14.0. The van der Waals surface area contributed by atoms with E-state index >= 15 is 0 Å². The molecule has 1 aliphatic rings. The minimum atomic E-state index is 0. The first-order valence-corrected chi connectivity index (χ1v) is 11.8. The van der Waals surface area contributed by atoms with E-state index < -0.39 is 0 Å². The molecule has 1 aliphatic heterocycles. The van der Waals surface area contributed by atoms with Crippen molar-refractivity contribution in [1.29, 1.82) is 0 Å². The number of hydrogen-bond acceptors (Lipinski definition) is 6. The molecule has 2 heterocycles. The van der Waals surface area contributed by atoms with Crippen molar-refractivity contribution in [3.63, 3.8) is 0 Å². The number of nitrogens with zero attached hydrogens (tertiary/aromatic N) is 4. The van der Waals surface area contributed by atoms with Crippen LogP contribution >= 0.6 is 24.0 Å². The van der Waals surface area contributed by atoms with Gasteiger partial charge >= 0.3 is 0 Å². The standard InChI is InChI=1S/C24H38N6O2.HI/c1-19(2)23-28-22(32-29-23)10-14-27-24(25-3)26-13-7-17-31-21-11-15-30(16-12-21)18-20-8-5-4-6-9-20;/h4-6,8-9,19,21H,7,10-18H2,1-3H3,(H2,25,26,27);1H. The van der Waals surface area contributed by atoms with Gasteiger partial charge in [-0.2, -0.15) is 4.98 Å². The number of piperidine rings is 1. The first kappa shape index (κ1) is 27.5. The Bertz CT molecular complexity index is 806. The van der Waals surface area contributed by atoms with Crippen molar-refractivity contribution in [2.75, 3.05) is 39.8 Å². The first-order valence-electron chi connectivity index (χ1n) is 11.8. The Morgan fingerprint density at radius 1 is 1.18 bits per heavy atom. The molecule has 1 saturated heterocycles. The Morgan fingerprint density at radius 2 is 1.91 bits per heavy atom. The number of halogens is 1. The van der Waals surface area contributed by atoms with Gasteiger partial charge in [0.2, 0.25) is 5.89 Å². The molecule has 0 radical (unpaired) electrons. The lowest BCUT2D eigenvalue weighted by molar-refractivity contribution is 0.00534. The van der Waals surface area contributed by atoms with Gasteiger partial charge in [-0.1, -0.05) is 49.3 Å². The van der Waals surface area contributed by atoms with Crippen LogP contribution in [0, 0.1) is 0 Å². The molecular weight excluding hydrogens is 531 g/mol. The summed E-state index contributed by atoms with van der Waals surface area (Å²) in [6.45, 7) is 9.64. The Balaban J connectivity index is 0.00000385. The molecule has 2 N–H and O–H groups in total. The van der Waals surface area contributed by atoms with Gasteiger partial charge in [-0.15, -0.1) is 24.0 Å². The van der Waals surface area contributed by atoms with Gasteiger partial charge in [0.05, 0.1) is 6.10 Å². The minimum Gasteiger partial charge on any atom is -0.378 e. The third kappa shape index (κ3) is 9.97. The first-order chi connectivity index (χ1) is 15.6.